The van der Waals surface area contributed by atoms with Crippen molar-refractivity contribution in [3.63, 3.8) is 0 Å². The van der Waals surface area contributed by atoms with Gasteiger partial charge in [0, 0.05) is 29.4 Å². The first-order valence-corrected chi connectivity index (χ1v) is 6.38. The van der Waals surface area contributed by atoms with Crippen molar-refractivity contribution in [1.29, 1.82) is 0 Å². The summed E-state index contributed by atoms with van der Waals surface area (Å²) >= 11 is 0. The van der Waals surface area contributed by atoms with Crippen LogP contribution in [0.4, 0.5) is 0 Å². The van der Waals surface area contributed by atoms with Gasteiger partial charge in [0.15, 0.2) is 5.78 Å². The highest BCUT2D eigenvalue weighted by Crippen LogP contribution is 2.34. The van der Waals surface area contributed by atoms with Crippen molar-refractivity contribution < 1.29 is 9.53 Å². The number of Topliss-reactive ketones (excluding diaryl/α,β-unsaturated/α-hetero) is 1. The first kappa shape index (κ1) is 11.9. The Kier molecular flexibility index (Phi) is 3.03. The van der Waals surface area contributed by atoms with Crippen LogP contribution < -0.4 is 4.74 Å². The van der Waals surface area contributed by atoms with Crippen molar-refractivity contribution in [1.82, 2.24) is 4.98 Å². The summed E-state index contributed by atoms with van der Waals surface area (Å²) < 4.78 is 5.34. The summed E-state index contributed by atoms with van der Waals surface area (Å²) in [5.74, 6) is 1.07. The Hall–Kier alpha value is -2.16. The number of nitrogens with zero attached hydrogens (tertiary/aromatic N) is 1. The van der Waals surface area contributed by atoms with E-state index in [2.05, 4.69) is 4.98 Å². The third-order valence-corrected chi connectivity index (χ3v) is 3.67. The molecule has 2 aromatic rings. The maximum absolute atomic E-state index is 12.4. The molecule has 0 saturated carbocycles. The minimum Gasteiger partial charge on any atom is -0.496 e. The Labute approximate surface area is 112 Å². The van der Waals surface area contributed by atoms with Crippen molar-refractivity contribution in [2.24, 2.45) is 5.92 Å². The fourth-order valence-corrected chi connectivity index (χ4v) is 2.73. The van der Waals surface area contributed by atoms with Crippen LogP contribution in [0.2, 0.25) is 0 Å². The number of methoxy groups -OCH3 is 1. The summed E-state index contributed by atoms with van der Waals surface area (Å²) in [6, 6.07) is 9.62. The van der Waals surface area contributed by atoms with E-state index in [4.69, 9.17) is 4.74 Å². The lowest BCUT2D eigenvalue weighted by Crippen LogP contribution is -2.12. The van der Waals surface area contributed by atoms with Crippen LogP contribution in [0.5, 0.6) is 5.75 Å². The third-order valence-electron chi connectivity index (χ3n) is 3.67. The lowest BCUT2D eigenvalue weighted by Gasteiger charge is -2.07. The normalized spacial score (nSPS) is 17.3. The summed E-state index contributed by atoms with van der Waals surface area (Å²) in [5.41, 5.74) is 3.02. The van der Waals surface area contributed by atoms with E-state index in [1.54, 1.807) is 19.5 Å². The molecule has 0 bridgehead atoms. The summed E-state index contributed by atoms with van der Waals surface area (Å²) in [5, 5.41) is 0. The monoisotopic (exact) mass is 253 g/mol. The van der Waals surface area contributed by atoms with E-state index in [0.29, 0.717) is 0 Å². The predicted octanol–water partition coefficient (Wildman–Crippen LogP) is 2.69. The number of hydrogen-bond donors (Lipinski definition) is 0. The zero-order valence-electron chi connectivity index (χ0n) is 10.8. The van der Waals surface area contributed by atoms with Crippen LogP contribution in [0.25, 0.3) is 0 Å². The van der Waals surface area contributed by atoms with E-state index >= 15 is 0 Å². The maximum Gasteiger partial charge on any atom is 0.167 e. The SMILES string of the molecule is COc1cccc2c1C[C@H](Cc1ccncc1)C2=O. The van der Waals surface area contributed by atoms with Crippen molar-refractivity contribution in [3.8, 4) is 5.75 Å². The zero-order valence-corrected chi connectivity index (χ0v) is 10.8. The fourth-order valence-electron chi connectivity index (χ4n) is 2.73. The molecule has 0 amide bonds. The lowest BCUT2D eigenvalue weighted by atomic mass is 9.96. The van der Waals surface area contributed by atoms with Crippen LogP contribution in [0.1, 0.15) is 21.5 Å². The van der Waals surface area contributed by atoms with Crippen LogP contribution in [0, 0.1) is 5.92 Å². The topological polar surface area (TPSA) is 39.2 Å². The molecule has 1 atom stereocenters. The summed E-state index contributed by atoms with van der Waals surface area (Å²) in [6.45, 7) is 0. The number of fused-ring (bicyclic) bond motifs is 1. The number of ketones is 1. The molecular weight excluding hydrogens is 238 g/mol. The Balaban J connectivity index is 1.87. The van der Waals surface area contributed by atoms with Gasteiger partial charge in [-0.25, -0.2) is 0 Å². The van der Waals surface area contributed by atoms with E-state index in [1.165, 1.54) is 0 Å². The summed E-state index contributed by atoms with van der Waals surface area (Å²) in [7, 11) is 1.65. The number of hydrogen-bond acceptors (Lipinski definition) is 3. The molecule has 1 aromatic carbocycles. The molecule has 0 spiro atoms. The van der Waals surface area contributed by atoms with E-state index in [9.17, 15) is 4.79 Å². The molecular formula is C16H15NO2. The summed E-state index contributed by atoms with van der Waals surface area (Å²) in [4.78, 5) is 16.4. The van der Waals surface area contributed by atoms with Crippen molar-refractivity contribution in [2.45, 2.75) is 12.8 Å². The van der Waals surface area contributed by atoms with Gasteiger partial charge in [0.1, 0.15) is 5.75 Å². The number of ether oxygens (including phenoxy) is 1. The van der Waals surface area contributed by atoms with Gasteiger partial charge >= 0.3 is 0 Å². The Morgan fingerprint density at radius 1 is 1.26 bits per heavy atom. The number of rotatable bonds is 3. The summed E-state index contributed by atoms with van der Waals surface area (Å²) in [6.07, 6.45) is 5.06. The maximum atomic E-state index is 12.4. The lowest BCUT2D eigenvalue weighted by molar-refractivity contribution is 0.0936. The number of carbonyl (C=O) groups excluding carboxylic acids is 1. The molecule has 0 fully saturated rings. The molecule has 3 nitrogen and oxygen atoms in total. The van der Waals surface area contributed by atoms with Gasteiger partial charge in [-0.2, -0.15) is 0 Å². The molecule has 0 N–H and O–H groups in total. The van der Waals surface area contributed by atoms with Gasteiger partial charge in [-0.3, -0.25) is 9.78 Å². The van der Waals surface area contributed by atoms with Gasteiger partial charge < -0.3 is 4.74 Å². The van der Waals surface area contributed by atoms with E-state index < -0.39 is 0 Å². The molecule has 0 unspecified atom stereocenters. The number of carbonyl (C=O) groups is 1. The van der Waals surface area contributed by atoms with Crippen molar-refractivity contribution in [3.05, 3.63) is 59.4 Å². The van der Waals surface area contributed by atoms with E-state index in [0.717, 1.165) is 35.3 Å². The average Bonchev–Trinajstić information content (AvgIpc) is 2.77. The Morgan fingerprint density at radius 2 is 2.05 bits per heavy atom. The molecule has 19 heavy (non-hydrogen) atoms. The highest BCUT2D eigenvalue weighted by atomic mass is 16.5. The first-order valence-electron chi connectivity index (χ1n) is 6.38. The van der Waals surface area contributed by atoms with Crippen LogP contribution in [-0.2, 0) is 12.8 Å². The molecule has 1 heterocycles. The van der Waals surface area contributed by atoms with E-state index in [-0.39, 0.29) is 11.7 Å². The molecule has 1 aromatic heterocycles. The first-order chi connectivity index (χ1) is 9.29. The van der Waals surface area contributed by atoms with Gasteiger partial charge in [-0.05, 0) is 36.6 Å². The van der Waals surface area contributed by atoms with Crippen molar-refractivity contribution in [2.75, 3.05) is 7.11 Å². The second-order valence-electron chi connectivity index (χ2n) is 4.81. The molecule has 3 heteroatoms. The smallest absolute Gasteiger partial charge is 0.167 e. The highest BCUT2D eigenvalue weighted by molar-refractivity contribution is 6.03. The zero-order chi connectivity index (χ0) is 13.2. The van der Waals surface area contributed by atoms with Gasteiger partial charge in [0.2, 0.25) is 0 Å². The molecule has 1 aliphatic rings. The molecule has 3 rings (SSSR count). The highest BCUT2D eigenvalue weighted by Gasteiger charge is 2.32. The molecule has 0 radical (unpaired) electrons. The van der Waals surface area contributed by atoms with Crippen LogP contribution in [0.3, 0.4) is 0 Å². The van der Waals surface area contributed by atoms with Gasteiger partial charge in [-0.1, -0.05) is 12.1 Å². The van der Waals surface area contributed by atoms with Gasteiger partial charge in [0.05, 0.1) is 7.11 Å². The Bertz CT molecular complexity index is 607. The average molecular weight is 253 g/mol. The number of benzene rings is 1. The minimum absolute atomic E-state index is 0.0219. The second-order valence-corrected chi connectivity index (χ2v) is 4.81. The third kappa shape index (κ3) is 2.12. The number of aromatic nitrogens is 1. The molecule has 96 valence electrons. The minimum atomic E-state index is 0.0219. The Morgan fingerprint density at radius 3 is 2.79 bits per heavy atom. The van der Waals surface area contributed by atoms with Crippen LogP contribution in [0.15, 0.2) is 42.7 Å². The number of pyridine rings is 1. The van der Waals surface area contributed by atoms with Crippen molar-refractivity contribution >= 4 is 5.78 Å². The molecule has 1 aliphatic carbocycles. The largest absolute Gasteiger partial charge is 0.496 e. The molecule has 0 aliphatic heterocycles. The van der Waals surface area contributed by atoms with Gasteiger partial charge in [-0.15, -0.1) is 0 Å². The predicted molar refractivity (Wildman–Crippen MR) is 72.5 cm³/mol. The quantitative estimate of drug-likeness (QED) is 0.844. The second kappa shape index (κ2) is 4.84. The van der Waals surface area contributed by atoms with Crippen LogP contribution in [-0.4, -0.2) is 17.9 Å². The van der Waals surface area contributed by atoms with Gasteiger partial charge in [0.25, 0.3) is 0 Å². The van der Waals surface area contributed by atoms with Crippen LogP contribution >= 0.6 is 0 Å². The fraction of sp³-hybridized carbons (Fsp3) is 0.250. The standard InChI is InChI=1S/C16H15NO2/c1-19-15-4-2-3-13-14(15)10-12(16(13)18)9-11-5-7-17-8-6-11/h2-8,12H,9-10H2,1H3/t12-/m0/s1. The molecule has 0 saturated heterocycles. The van der Waals surface area contributed by atoms with E-state index in [1.807, 2.05) is 30.3 Å².